The van der Waals surface area contributed by atoms with Gasteiger partial charge in [-0.1, -0.05) is 24.3 Å². The Morgan fingerprint density at radius 1 is 1.12 bits per heavy atom. The third-order valence-corrected chi connectivity index (χ3v) is 5.15. The summed E-state index contributed by atoms with van der Waals surface area (Å²) in [4.78, 5) is 25.2. The van der Waals surface area contributed by atoms with Gasteiger partial charge in [0.1, 0.15) is 5.75 Å². The summed E-state index contributed by atoms with van der Waals surface area (Å²) in [6.45, 7) is 0. The first-order valence-electron chi connectivity index (χ1n) is 7.64. The number of nitrogens with zero attached hydrogens (tertiary/aromatic N) is 1. The quantitative estimate of drug-likeness (QED) is 0.437. The largest absolute Gasteiger partial charge is 0.425 e. The van der Waals surface area contributed by atoms with Crippen molar-refractivity contribution in [1.82, 2.24) is 4.57 Å². The van der Waals surface area contributed by atoms with Gasteiger partial charge >= 0.3 is 5.97 Å². The molecule has 120 valence electrons. The highest BCUT2D eigenvalue weighted by Gasteiger charge is 2.33. The highest BCUT2D eigenvalue weighted by Crippen LogP contribution is 2.40. The first-order chi connectivity index (χ1) is 11.6. The topological polar surface area (TPSA) is 48.3 Å². The number of carbonyl (C=O) groups is 1. The molecule has 1 aliphatic heterocycles. The van der Waals surface area contributed by atoms with Crippen molar-refractivity contribution in [3.05, 3.63) is 73.6 Å². The number of carbonyl (C=O) groups excluding carboxylic acids is 1. The normalized spacial score (nSPS) is 16.8. The van der Waals surface area contributed by atoms with Crippen molar-refractivity contribution in [2.75, 3.05) is 0 Å². The van der Waals surface area contributed by atoms with Gasteiger partial charge < -0.3 is 9.30 Å². The Bertz CT molecular complexity index is 1040. The van der Waals surface area contributed by atoms with Crippen LogP contribution in [0.4, 0.5) is 0 Å². The van der Waals surface area contributed by atoms with E-state index < -0.39 is 0 Å². The standard InChI is InChI=1S/C19H14INO3/c1-21-15-8-3-2-7-13(15)18-17(19(21)23)14(10-16(22)24-18)11-5-4-6-12(20)9-11/h2-9,14H,10H2,1H3/t14-/m0/s1. The van der Waals surface area contributed by atoms with Gasteiger partial charge in [0.25, 0.3) is 5.56 Å². The van der Waals surface area contributed by atoms with Gasteiger partial charge in [0.2, 0.25) is 0 Å². The van der Waals surface area contributed by atoms with E-state index in [1.165, 1.54) is 0 Å². The molecule has 24 heavy (non-hydrogen) atoms. The Labute approximate surface area is 152 Å². The van der Waals surface area contributed by atoms with E-state index in [0.717, 1.165) is 20.0 Å². The zero-order chi connectivity index (χ0) is 16.8. The van der Waals surface area contributed by atoms with Crippen LogP contribution in [0.15, 0.2) is 53.3 Å². The van der Waals surface area contributed by atoms with Crippen molar-refractivity contribution in [3.63, 3.8) is 0 Å². The smallest absolute Gasteiger partial charge is 0.312 e. The van der Waals surface area contributed by atoms with Crippen LogP contribution in [-0.4, -0.2) is 10.5 Å². The van der Waals surface area contributed by atoms with Crippen molar-refractivity contribution in [2.24, 2.45) is 7.05 Å². The molecule has 2 aromatic carbocycles. The predicted octanol–water partition coefficient (Wildman–Crippen LogP) is 3.58. The van der Waals surface area contributed by atoms with E-state index in [4.69, 9.17) is 4.74 Å². The van der Waals surface area contributed by atoms with Gasteiger partial charge in [-0.2, -0.15) is 0 Å². The molecule has 0 amide bonds. The molecule has 0 spiro atoms. The van der Waals surface area contributed by atoms with Crippen LogP contribution in [0.1, 0.15) is 23.5 Å². The number of benzene rings is 2. The summed E-state index contributed by atoms with van der Waals surface area (Å²) in [6, 6.07) is 15.4. The van der Waals surface area contributed by atoms with Crippen LogP contribution in [0, 0.1) is 3.57 Å². The van der Waals surface area contributed by atoms with Crippen LogP contribution in [0.2, 0.25) is 0 Å². The Morgan fingerprint density at radius 2 is 1.92 bits per heavy atom. The molecule has 0 aliphatic carbocycles. The van der Waals surface area contributed by atoms with E-state index in [0.29, 0.717) is 11.3 Å². The van der Waals surface area contributed by atoms with Gasteiger partial charge in [-0.25, -0.2) is 0 Å². The molecule has 3 aromatic rings. The van der Waals surface area contributed by atoms with Crippen LogP contribution >= 0.6 is 22.6 Å². The van der Waals surface area contributed by atoms with Crippen molar-refractivity contribution >= 4 is 39.5 Å². The second-order valence-electron chi connectivity index (χ2n) is 5.91. The van der Waals surface area contributed by atoms with Crippen LogP contribution in [0.3, 0.4) is 0 Å². The number of fused-ring (bicyclic) bond motifs is 3. The minimum Gasteiger partial charge on any atom is -0.425 e. The number of para-hydroxylation sites is 1. The molecule has 1 aromatic heterocycles. The molecule has 0 unspecified atom stereocenters. The second kappa shape index (κ2) is 5.73. The SMILES string of the molecule is Cn1c(=O)c2c(c3ccccc31)OC(=O)C[C@H]2c1cccc(I)c1. The van der Waals surface area contributed by atoms with E-state index in [2.05, 4.69) is 22.6 Å². The third kappa shape index (κ3) is 2.34. The van der Waals surface area contributed by atoms with Gasteiger partial charge in [-0.05, 0) is 52.4 Å². The summed E-state index contributed by atoms with van der Waals surface area (Å²) in [5.74, 6) is -0.169. The average molecular weight is 431 g/mol. The Morgan fingerprint density at radius 3 is 2.71 bits per heavy atom. The fraction of sp³-hybridized carbons (Fsp3) is 0.158. The minimum atomic E-state index is -0.301. The van der Waals surface area contributed by atoms with Crippen molar-refractivity contribution in [1.29, 1.82) is 0 Å². The summed E-state index contributed by atoms with van der Waals surface area (Å²) < 4.78 is 8.21. The third-order valence-electron chi connectivity index (χ3n) is 4.48. The van der Waals surface area contributed by atoms with Gasteiger partial charge in [0.05, 0.1) is 17.5 Å². The highest BCUT2D eigenvalue weighted by molar-refractivity contribution is 14.1. The Balaban J connectivity index is 2.07. The van der Waals surface area contributed by atoms with Crippen molar-refractivity contribution in [2.45, 2.75) is 12.3 Å². The van der Waals surface area contributed by atoms with Crippen molar-refractivity contribution < 1.29 is 9.53 Å². The van der Waals surface area contributed by atoms with E-state index in [1.807, 2.05) is 48.5 Å². The van der Waals surface area contributed by atoms with Crippen molar-refractivity contribution in [3.8, 4) is 5.75 Å². The molecule has 0 fully saturated rings. The summed E-state index contributed by atoms with van der Waals surface area (Å²) in [6.07, 6.45) is 0.181. The second-order valence-corrected chi connectivity index (χ2v) is 7.16. The number of halogens is 1. The zero-order valence-corrected chi connectivity index (χ0v) is 15.1. The Kier molecular flexibility index (Phi) is 3.68. The van der Waals surface area contributed by atoms with Crippen LogP contribution < -0.4 is 10.3 Å². The number of aromatic nitrogens is 1. The lowest BCUT2D eigenvalue weighted by molar-refractivity contribution is -0.135. The lowest BCUT2D eigenvalue weighted by Crippen LogP contribution is -2.31. The molecule has 0 N–H and O–H groups in total. The number of pyridine rings is 1. The molecule has 1 atom stereocenters. The van der Waals surface area contributed by atoms with Gasteiger partial charge in [-0.15, -0.1) is 0 Å². The fourth-order valence-electron chi connectivity index (χ4n) is 3.34. The Hall–Kier alpha value is -2.15. The van der Waals surface area contributed by atoms with Crippen LogP contribution in [-0.2, 0) is 11.8 Å². The number of esters is 1. The van der Waals surface area contributed by atoms with E-state index in [9.17, 15) is 9.59 Å². The molecule has 2 heterocycles. The first kappa shape index (κ1) is 15.4. The molecule has 0 saturated heterocycles. The van der Waals surface area contributed by atoms with E-state index in [1.54, 1.807) is 11.6 Å². The molecule has 4 rings (SSSR count). The predicted molar refractivity (Wildman–Crippen MR) is 100 cm³/mol. The molecular formula is C19H14INO3. The maximum absolute atomic E-state index is 13.0. The van der Waals surface area contributed by atoms with Gasteiger partial charge in [0, 0.05) is 21.9 Å². The van der Waals surface area contributed by atoms with E-state index in [-0.39, 0.29) is 23.9 Å². The van der Waals surface area contributed by atoms with Gasteiger partial charge in [0.15, 0.2) is 0 Å². The van der Waals surface area contributed by atoms with Gasteiger partial charge in [-0.3, -0.25) is 9.59 Å². The van der Waals surface area contributed by atoms with Crippen LogP contribution in [0.25, 0.3) is 10.9 Å². The molecule has 1 aliphatic rings. The average Bonchev–Trinajstić information content (AvgIpc) is 2.59. The first-order valence-corrected chi connectivity index (χ1v) is 8.72. The number of hydrogen-bond donors (Lipinski definition) is 0. The minimum absolute atomic E-state index is 0.111. The number of ether oxygens (including phenoxy) is 1. The maximum Gasteiger partial charge on any atom is 0.312 e. The number of rotatable bonds is 1. The number of aryl methyl sites for hydroxylation is 1. The maximum atomic E-state index is 13.0. The molecule has 0 bridgehead atoms. The summed E-state index contributed by atoms with van der Waals surface area (Å²) in [7, 11) is 1.76. The zero-order valence-electron chi connectivity index (χ0n) is 13.0. The molecule has 0 saturated carbocycles. The molecule has 0 radical (unpaired) electrons. The summed E-state index contributed by atoms with van der Waals surface area (Å²) >= 11 is 2.24. The van der Waals surface area contributed by atoms with E-state index >= 15 is 0 Å². The monoisotopic (exact) mass is 431 g/mol. The summed E-state index contributed by atoms with van der Waals surface area (Å²) in [5, 5.41) is 0.790. The fourth-order valence-corrected chi connectivity index (χ4v) is 3.91. The highest BCUT2D eigenvalue weighted by atomic mass is 127. The molecule has 5 heteroatoms. The lowest BCUT2D eigenvalue weighted by Gasteiger charge is -2.26. The molecular weight excluding hydrogens is 417 g/mol. The lowest BCUT2D eigenvalue weighted by atomic mass is 9.86. The van der Waals surface area contributed by atoms with Crippen LogP contribution in [0.5, 0.6) is 5.75 Å². The molecule has 4 nitrogen and oxygen atoms in total. The number of hydrogen-bond acceptors (Lipinski definition) is 3. The summed E-state index contributed by atoms with van der Waals surface area (Å²) in [5.41, 5.74) is 2.18.